The Morgan fingerprint density at radius 2 is 1.91 bits per heavy atom. The minimum Gasteiger partial charge on any atom is -0.387 e. The molecule has 0 bridgehead atoms. The molecule has 5 rings (SSSR count). The maximum atomic E-state index is 14.6. The van der Waals surface area contributed by atoms with Crippen molar-refractivity contribution in [2.24, 2.45) is 5.41 Å². The molecule has 33 heavy (non-hydrogen) atoms. The van der Waals surface area contributed by atoms with Gasteiger partial charge in [0.2, 0.25) is 5.91 Å². The highest BCUT2D eigenvalue weighted by Gasteiger charge is 2.49. The molecule has 1 atom stereocenters. The lowest BCUT2D eigenvalue weighted by Gasteiger charge is -2.38. The maximum absolute atomic E-state index is 14.6. The van der Waals surface area contributed by atoms with Crippen LogP contribution >= 0.6 is 0 Å². The summed E-state index contributed by atoms with van der Waals surface area (Å²) in [6.07, 6.45) is 3.75. The zero-order valence-electron chi connectivity index (χ0n) is 18.6. The van der Waals surface area contributed by atoms with Crippen molar-refractivity contribution in [2.45, 2.75) is 45.1 Å². The van der Waals surface area contributed by atoms with E-state index in [1.165, 1.54) is 17.1 Å². The van der Waals surface area contributed by atoms with Gasteiger partial charge >= 0.3 is 0 Å². The number of ketones is 1. The van der Waals surface area contributed by atoms with Gasteiger partial charge in [0.05, 0.1) is 17.2 Å². The van der Waals surface area contributed by atoms with Crippen molar-refractivity contribution in [2.75, 3.05) is 26.2 Å². The van der Waals surface area contributed by atoms with Crippen LogP contribution < -0.4 is 0 Å². The minimum absolute atomic E-state index is 0.135. The number of aliphatic hydroxyl groups is 1. The Bertz CT molecular complexity index is 1110. The minimum atomic E-state index is -0.977. The Morgan fingerprint density at radius 3 is 2.55 bits per heavy atom. The third kappa shape index (κ3) is 3.87. The summed E-state index contributed by atoms with van der Waals surface area (Å²) in [4.78, 5) is 29.1. The molecular weight excluding hydrogens is 427 g/mol. The van der Waals surface area contributed by atoms with Crippen LogP contribution in [0.25, 0.3) is 5.69 Å². The lowest BCUT2D eigenvalue weighted by atomic mass is 9.77. The molecule has 2 fully saturated rings. The van der Waals surface area contributed by atoms with Crippen molar-refractivity contribution in [3.8, 4) is 5.69 Å². The zero-order chi connectivity index (χ0) is 23.2. The number of Topliss-reactive ketones (excluding diaryl/α,β-unsaturated/α-hetero) is 1. The van der Waals surface area contributed by atoms with Crippen molar-refractivity contribution >= 4 is 11.7 Å². The van der Waals surface area contributed by atoms with Gasteiger partial charge in [-0.25, -0.2) is 9.07 Å². The van der Waals surface area contributed by atoms with Crippen LogP contribution in [0.4, 0.5) is 4.39 Å². The fourth-order valence-corrected chi connectivity index (χ4v) is 5.36. The molecule has 1 N–H and O–H groups in total. The van der Waals surface area contributed by atoms with Gasteiger partial charge < -0.3 is 14.9 Å². The van der Waals surface area contributed by atoms with Gasteiger partial charge in [-0.15, -0.1) is 5.10 Å². The third-order valence-corrected chi connectivity index (χ3v) is 7.48. The average molecular weight is 455 g/mol. The number of amides is 1. The fraction of sp³-hybridized carbons (Fsp3) is 0.522. The van der Waals surface area contributed by atoms with Gasteiger partial charge in [0.1, 0.15) is 12.1 Å². The smallest absolute Gasteiger partial charge is 0.233 e. The van der Waals surface area contributed by atoms with Crippen molar-refractivity contribution in [1.82, 2.24) is 30.0 Å². The summed E-state index contributed by atoms with van der Waals surface area (Å²) >= 11 is 0. The highest BCUT2D eigenvalue weighted by Crippen LogP contribution is 2.44. The van der Waals surface area contributed by atoms with E-state index < -0.39 is 11.9 Å². The highest BCUT2D eigenvalue weighted by atomic mass is 19.1. The summed E-state index contributed by atoms with van der Waals surface area (Å²) in [5, 5.41) is 21.5. The Balaban J connectivity index is 1.21. The van der Waals surface area contributed by atoms with Gasteiger partial charge in [-0.1, -0.05) is 6.07 Å². The molecule has 0 radical (unpaired) electrons. The number of benzene rings is 1. The number of carbonyl (C=O) groups is 2. The molecule has 1 aliphatic carbocycles. The summed E-state index contributed by atoms with van der Waals surface area (Å²) in [6.45, 7) is 4.12. The van der Waals surface area contributed by atoms with Crippen molar-refractivity contribution < 1.29 is 19.1 Å². The second-order valence-electron chi connectivity index (χ2n) is 9.26. The maximum Gasteiger partial charge on any atom is 0.233 e. The summed E-state index contributed by atoms with van der Waals surface area (Å²) < 4.78 is 16.0. The zero-order valence-corrected chi connectivity index (χ0v) is 18.6. The number of halogens is 1. The molecule has 1 aromatic heterocycles. The number of aliphatic hydroxyl groups excluding tert-OH is 1. The van der Waals surface area contributed by atoms with Crippen molar-refractivity contribution in [3.63, 3.8) is 0 Å². The molecular formula is C23H27FN6O3. The number of carbonyl (C=O) groups excluding carboxylic acids is 2. The molecule has 3 aliphatic rings. The largest absolute Gasteiger partial charge is 0.387 e. The molecule has 0 saturated carbocycles. The molecule has 1 unspecified atom stereocenters. The summed E-state index contributed by atoms with van der Waals surface area (Å²) in [5.41, 5.74) is 1.95. The fourth-order valence-electron chi connectivity index (χ4n) is 5.36. The monoisotopic (exact) mass is 454 g/mol. The first-order valence-corrected chi connectivity index (χ1v) is 11.4. The van der Waals surface area contributed by atoms with E-state index in [9.17, 15) is 19.1 Å². The number of likely N-dealkylation sites (tertiary alicyclic amines) is 2. The number of β-amino-alcohol motifs (C(OH)–C–C–N with tert-alkyl or cyclic N) is 1. The molecule has 2 aromatic rings. The molecule has 10 heteroatoms. The van der Waals surface area contributed by atoms with E-state index in [1.807, 2.05) is 11.8 Å². The Labute approximate surface area is 190 Å². The number of tetrazole rings is 1. The molecule has 174 valence electrons. The first-order chi connectivity index (χ1) is 15.9. The number of aromatic nitrogens is 4. The number of hydrogen-bond donors (Lipinski definition) is 1. The second kappa shape index (κ2) is 8.42. The predicted molar refractivity (Wildman–Crippen MR) is 115 cm³/mol. The summed E-state index contributed by atoms with van der Waals surface area (Å²) in [7, 11) is 0. The van der Waals surface area contributed by atoms with Gasteiger partial charge in [-0.3, -0.25) is 9.59 Å². The van der Waals surface area contributed by atoms with Crippen molar-refractivity contribution in [1.29, 1.82) is 0 Å². The normalized spacial score (nSPS) is 22.1. The van der Waals surface area contributed by atoms with Crippen LogP contribution in [0.1, 0.15) is 50.7 Å². The number of nitrogens with zero attached hydrogens (tertiary/aromatic N) is 6. The van der Waals surface area contributed by atoms with Gasteiger partial charge in [-0.2, -0.15) is 0 Å². The summed E-state index contributed by atoms with van der Waals surface area (Å²) in [6, 6.07) is 4.52. The van der Waals surface area contributed by atoms with Crippen LogP contribution in [0, 0.1) is 11.2 Å². The van der Waals surface area contributed by atoms with Gasteiger partial charge in [0, 0.05) is 42.4 Å². The molecule has 3 heterocycles. The van der Waals surface area contributed by atoms with Gasteiger partial charge in [0.25, 0.3) is 0 Å². The van der Waals surface area contributed by atoms with Gasteiger partial charge in [-0.05, 0) is 62.2 Å². The third-order valence-electron chi connectivity index (χ3n) is 7.48. The molecule has 2 saturated heterocycles. The Kier molecular flexibility index (Phi) is 5.57. The molecule has 2 aliphatic heterocycles. The van der Waals surface area contributed by atoms with E-state index in [4.69, 9.17) is 0 Å². The molecule has 1 amide bonds. The number of allylic oxidation sites excluding steroid dienone is 2. The lowest BCUT2D eigenvalue weighted by molar-refractivity contribution is -0.137. The number of rotatable bonds is 5. The summed E-state index contributed by atoms with van der Waals surface area (Å²) in [5.74, 6) is -0.239. The Morgan fingerprint density at radius 1 is 1.15 bits per heavy atom. The van der Waals surface area contributed by atoms with E-state index in [-0.39, 0.29) is 22.7 Å². The van der Waals surface area contributed by atoms with E-state index in [0.717, 1.165) is 17.7 Å². The van der Waals surface area contributed by atoms with E-state index >= 15 is 0 Å². The van der Waals surface area contributed by atoms with E-state index in [1.54, 1.807) is 12.1 Å². The van der Waals surface area contributed by atoms with Gasteiger partial charge in [0.15, 0.2) is 5.78 Å². The quantitative estimate of drug-likeness (QED) is 0.734. The first-order valence-electron chi connectivity index (χ1n) is 11.4. The number of piperidine rings is 1. The molecule has 1 aromatic carbocycles. The second-order valence-corrected chi connectivity index (χ2v) is 9.26. The van der Waals surface area contributed by atoms with Crippen molar-refractivity contribution in [3.05, 3.63) is 47.2 Å². The van der Waals surface area contributed by atoms with Crippen LogP contribution in [0.2, 0.25) is 0 Å². The van der Waals surface area contributed by atoms with Crippen LogP contribution in [0.15, 0.2) is 35.8 Å². The Hall–Kier alpha value is -2.98. The van der Waals surface area contributed by atoms with Crippen LogP contribution in [-0.4, -0.2) is 73.0 Å². The van der Waals surface area contributed by atoms with Crippen LogP contribution in [0.3, 0.4) is 0 Å². The lowest BCUT2D eigenvalue weighted by Crippen LogP contribution is -2.45. The molecule has 1 spiro atoms. The standard InChI is InChI=1S/C23H27FN6O3/c1-15-19(4-5-20(15)31)29-11-8-23(22(29)33)6-9-28(10-7-23)13-21(32)17-3-2-16(12-18(17)24)30-14-25-26-27-30/h2-3,12,14,21,32H,4-11,13H2,1H3. The predicted octanol–water partition coefficient (Wildman–Crippen LogP) is 1.79. The van der Waals surface area contributed by atoms with E-state index in [2.05, 4.69) is 20.4 Å². The average Bonchev–Trinajstić information content (AvgIpc) is 3.53. The van der Waals surface area contributed by atoms with Crippen LogP contribution in [-0.2, 0) is 9.59 Å². The first kappa shape index (κ1) is 21.8. The highest BCUT2D eigenvalue weighted by molar-refractivity contribution is 5.99. The van der Waals surface area contributed by atoms with Crippen LogP contribution in [0.5, 0.6) is 0 Å². The topological polar surface area (TPSA) is 104 Å². The molecule has 9 nitrogen and oxygen atoms in total. The SMILES string of the molecule is CC1=C(N2CCC3(CCN(CC(O)c4ccc(-n5cnnn5)cc4F)CC3)C2=O)CCC1=O. The number of hydrogen-bond acceptors (Lipinski definition) is 7. The van der Waals surface area contributed by atoms with E-state index in [0.29, 0.717) is 57.5 Å².